The third-order valence-corrected chi connectivity index (χ3v) is 3.98. The molecule has 0 saturated carbocycles. The number of ether oxygens (including phenoxy) is 1. The molecule has 0 amide bonds. The lowest BCUT2D eigenvalue weighted by molar-refractivity contribution is 0.0519. The molecule has 1 aromatic heterocycles. The fourth-order valence-corrected chi connectivity index (χ4v) is 2.74. The Morgan fingerprint density at radius 2 is 2.00 bits per heavy atom. The normalized spacial score (nSPS) is 10.7. The van der Waals surface area contributed by atoms with Crippen LogP contribution in [-0.4, -0.2) is 17.6 Å². The van der Waals surface area contributed by atoms with E-state index in [1.807, 2.05) is 19.1 Å². The van der Waals surface area contributed by atoms with Crippen LogP contribution in [0.1, 0.15) is 47.6 Å². The number of hydrogen-bond donors (Lipinski definition) is 1. The summed E-state index contributed by atoms with van der Waals surface area (Å²) in [5.74, 6) is 0.144. The maximum absolute atomic E-state index is 11.7. The molecule has 0 bridgehead atoms. The summed E-state index contributed by atoms with van der Waals surface area (Å²) in [6.07, 6.45) is 0. The number of esters is 1. The first kappa shape index (κ1) is 15.5. The lowest BCUT2D eigenvalue weighted by Crippen LogP contribution is -2.06. The van der Waals surface area contributed by atoms with Gasteiger partial charge in [0.1, 0.15) is 0 Å². The zero-order valence-corrected chi connectivity index (χ0v) is 13.6. The highest BCUT2D eigenvalue weighted by Gasteiger charge is 2.16. The molecule has 0 unspecified atom stereocenters. The predicted octanol–water partition coefficient (Wildman–Crippen LogP) is 4.50. The third kappa shape index (κ3) is 3.82. The van der Waals surface area contributed by atoms with Crippen molar-refractivity contribution >= 4 is 28.1 Å². The number of benzene rings is 1. The molecule has 2 rings (SSSR count). The van der Waals surface area contributed by atoms with Crippen LogP contribution in [0.4, 0.5) is 10.8 Å². The van der Waals surface area contributed by atoms with Crippen molar-refractivity contribution in [3.63, 3.8) is 0 Å². The summed E-state index contributed by atoms with van der Waals surface area (Å²) in [4.78, 5) is 16.9. The number of rotatable bonds is 5. The molecule has 21 heavy (non-hydrogen) atoms. The van der Waals surface area contributed by atoms with Crippen LogP contribution in [0, 0.1) is 6.92 Å². The fourth-order valence-electron chi connectivity index (χ4n) is 1.91. The van der Waals surface area contributed by atoms with E-state index < -0.39 is 0 Å². The number of aromatic nitrogens is 1. The van der Waals surface area contributed by atoms with Gasteiger partial charge in [0, 0.05) is 10.6 Å². The molecule has 1 heterocycles. The second-order valence-electron chi connectivity index (χ2n) is 5.05. The molecule has 2 aromatic rings. The minimum absolute atomic E-state index is 0.356. The van der Waals surface area contributed by atoms with Crippen molar-refractivity contribution in [1.82, 2.24) is 4.98 Å². The van der Waals surface area contributed by atoms with Crippen LogP contribution in [0.2, 0.25) is 0 Å². The molecule has 0 aliphatic rings. The summed E-state index contributed by atoms with van der Waals surface area (Å²) in [5, 5.41) is 3.93. The van der Waals surface area contributed by atoms with Crippen molar-refractivity contribution in [2.75, 3.05) is 11.9 Å². The van der Waals surface area contributed by atoms with Gasteiger partial charge in [-0.15, -0.1) is 11.3 Å². The van der Waals surface area contributed by atoms with Crippen LogP contribution >= 0.6 is 11.3 Å². The first-order chi connectivity index (χ1) is 10.0. The van der Waals surface area contributed by atoms with Gasteiger partial charge in [-0.3, -0.25) is 0 Å². The number of aryl methyl sites for hydroxylation is 1. The van der Waals surface area contributed by atoms with Gasteiger partial charge in [0.05, 0.1) is 6.61 Å². The van der Waals surface area contributed by atoms with E-state index in [0.29, 0.717) is 23.4 Å². The molecular formula is C16H20N2O2S. The molecule has 0 atom stereocenters. The highest BCUT2D eigenvalue weighted by Crippen LogP contribution is 2.26. The SMILES string of the molecule is CCOC(=O)c1nc(Nc2ccc(C(C)C)cc2)sc1C. The summed E-state index contributed by atoms with van der Waals surface area (Å²) >= 11 is 1.45. The van der Waals surface area contributed by atoms with E-state index in [4.69, 9.17) is 4.74 Å². The topological polar surface area (TPSA) is 51.2 Å². The van der Waals surface area contributed by atoms with Crippen LogP contribution in [-0.2, 0) is 4.74 Å². The Labute approximate surface area is 129 Å². The van der Waals surface area contributed by atoms with E-state index in [9.17, 15) is 4.79 Å². The molecule has 4 nitrogen and oxygen atoms in total. The molecule has 5 heteroatoms. The standard InChI is InChI=1S/C16H20N2O2S/c1-5-20-15(19)14-11(4)21-16(18-14)17-13-8-6-12(7-9-13)10(2)3/h6-10H,5H2,1-4H3,(H,17,18). The number of carbonyl (C=O) groups excluding carboxylic acids is 1. The minimum atomic E-state index is -0.366. The average molecular weight is 304 g/mol. The highest BCUT2D eigenvalue weighted by molar-refractivity contribution is 7.15. The lowest BCUT2D eigenvalue weighted by Gasteiger charge is -2.07. The number of anilines is 2. The predicted molar refractivity (Wildman–Crippen MR) is 86.6 cm³/mol. The summed E-state index contributed by atoms with van der Waals surface area (Å²) in [7, 11) is 0. The molecule has 112 valence electrons. The second-order valence-corrected chi connectivity index (χ2v) is 6.25. The van der Waals surface area contributed by atoms with Gasteiger partial charge in [-0.05, 0) is 37.5 Å². The van der Waals surface area contributed by atoms with Crippen molar-refractivity contribution in [3.05, 3.63) is 40.4 Å². The highest BCUT2D eigenvalue weighted by atomic mass is 32.1. The van der Waals surface area contributed by atoms with Crippen molar-refractivity contribution < 1.29 is 9.53 Å². The quantitative estimate of drug-likeness (QED) is 0.827. The summed E-state index contributed by atoms with van der Waals surface area (Å²) in [6.45, 7) is 8.34. The number of nitrogens with zero attached hydrogens (tertiary/aromatic N) is 1. The Bertz CT molecular complexity index is 618. The van der Waals surface area contributed by atoms with E-state index in [1.54, 1.807) is 6.92 Å². The summed E-state index contributed by atoms with van der Waals surface area (Å²) in [5.41, 5.74) is 2.65. The van der Waals surface area contributed by atoms with Gasteiger partial charge in [-0.25, -0.2) is 9.78 Å². The van der Waals surface area contributed by atoms with Gasteiger partial charge < -0.3 is 10.1 Å². The Morgan fingerprint density at radius 1 is 1.33 bits per heavy atom. The summed E-state index contributed by atoms with van der Waals surface area (Å²) in [6, 6.07) is 8.24. The molecule has 0 aliphatic carbocycles. The minimum Gasteiger partial charge on any atom is -0.461 e. The van der Waals surface area contributed by atoms with Gasteiger partial charge >= 0.3 is 5.97 Å². The fraction of sp³-hybridized carbons (Fsp3) is 0.375. The molecule has 0 saturated heterocycles. The maximum Gasteiger partial charge on any atom is 0.358 e. The first-order valence-electron chi connectivity index (χ1n) is 7.02. The number of hydrogen-bond acceptors (Lipinski definition) is 5. The van der Waals surface area contributed by atoms with Crippen molar-refractivity contribution in [3.8, 4) is 0 Å². The van der Waals surface area contributed by atoms with E-state index in [2.05, 4.69) is 36.3 Å². The van der Waals surface area contributed by atoms with Crippen LogP contribution in [0.25, 0.3) is 0 Å². The van der Waals surface area contributed by atoms with Crippen molar-refractivity contribution in [1.29, 1.82) is 0 Å². The van der Waals surface area contributed by atoms with E-state index >= 15 is 0 Å². The third-order valence-electron chi connectivity index (χ3n) is 3.09. The zero-order valence-electron chi connectivity index (χ0n) is 12.8. The smallest absolute Gasteiger partial charge is 0.358 e. The molecule has 0 aliphatic heterocycles. The second kappa shape index (κ2) is 6.72. The van der Waals surface area contributed by atoms with Gasteiger partial charge in [0.15, 0.2) is 10.8 Å². The Hall–Kier alpha value is -1.88. The van der Waals surface area contributed by atoms with E-state index in [-0.39, 0.29) is 5.97 Å². The van der Waals surface area contributed by atoms with Gasteiger partial charge in [-0.1, -0.05) is 26.0 Å². The molecule has 0 spiro atoms. The Kier molecular flexibility index (Phi) is 4.96. The largest absolute Gasteiger partial charge is 0.461 e. The first-order valence-corrected chi connectivity index (χ1v) is 7.84. The molecule has 1 N–H and O–H groups in total. The molecule has 1 aromatic carbocycles. The van der Waals surface area contributed by atoms with Gasteiger partial charge in [0.25, 0.3) is 0 Å². The Morgan fingerprint density at radius 3 is 2.57 bits per heavy atom. The van der Waals surface area contributed by atoms with Crippen molar-refractivity contribution in [2.24, 2.45) is 0 Å². The Balaban J connectivity index is 2.13. The number of nitrogens with one attached hydrogen (secondary N) is 1. The lowest BCUT2D eigenvalue weighted by atomic mass is 10.0. The zero-order chi connectivity index (χ0) is 15.4. The van der Waals surface area contributed by atoms with Crippen molar-refractivity contribution in [2.45, 2.75) is 33.6 Å². The molecular weight excluding hydrogens is 284 g/mol. The number of thiazole rings is 1. The maximum atomic E-state index is 11.7. The van der Waals surface area contributed by atoms with Gasteiger partial charge in [-0.2, -0.15) is 0 Å². The molecule has 0 fully saturated rings. The number of carbonyl (C=O) groups is 1. The van der Waals surface area contributed by atoms with Crippen LogP contribution in [0.3, 0.4) is 0 Å². The average Bonchev–Trinajstić information content (AvgIpc) is 2.80. The van der Waals surface area contributed by atoms with Crippen LogP contribution in [0.5, 0.6) is 0 Å². The summed E-state index contributed by atoms with van der Waals surface area (Å²) < 4.78 is 4.99. The van der Waals surface area contributed by atoms with Crippen LogP contribution < -0.4 is 5.32 Å². The van der Waals surface area contributed by atoms with Crippen LogP contribution in [0.15, 0.2) is 24.3 Å². The molecule has 0 radical (unpaired) electrons. The van der Waals surface area contributed by atoms with E-state index in [1.165, 1.54) is 16.9 Å². The van der Waals surface area contributed by atoms with E-state index in [0.717, 1.165) is 10.6 Å². The monoisotopic (exact) mass is 304 g/mol. The van der Waals surface area contributed by atoms with Gasteiger partial charge in [0.2, 0.25) is 0 Å².